The van der Waals surface area contributed by atoms with Crippen LogP contribution in [0, 0.1) is 5.82 Å². The van der Waals surface area contributed by atoms with Crippen LogP contribution in [0.5, 0.6) is 11.5 Å². The number of ether oxygens (including phenoxy) is 2. The summed E-state index contributed by atoms with van der Waals surface area (Å²) in [5, 5.41) is 2.89. The molecule has 196 valence electrons. The summed E-state index contributed by atoms with van der Waals surface area (Å²) in [5.41, 5.74) is 3.07. The Hall–Kier alpha value is -3.79. The third-order valence-corrected chi connectivity index (χ3v) is 7.57. The highest BCUT2D eigenvalue weighted by atomic mass is 32.2. The van der Waals surface area contributed by atoms with Crippen molar-refractivity contribution < 1.29 is 27.1 Å². The van der Waals surface area contributed by atoms with E-state index in [9.17, 15) is 17.6 Å². The Morgan fingerprint density at radius 3 is 2.24 bits per heavy atom. The number of sulfonamides is 1. The lowest BCUT2D eigenvalue weighted by Crippen LogP contribution is -2.30. The molecule has 0 radical (unpaired) electrons. The third kappa shape index (κ3) is 5.64. The maximum atomic E-state index is 14.6. The maximum Gasteiger partial charge on any atom is 0.322 e. The molecule has 0 aromatic heterocycles. The molecule has 0 unspecified atom stereocenters. The molecule has 0 atom stereocenters. The van der Waals surface area contributed by atoms with Crippen molar-refractivity contribution >= 4 is 27.4 Å². The van der Waals surface area contributed by atoms with E-state index in [0.29, 0.717) is 17.8 Å². The van der Waals surface area contributed by atoms with Crippen LogP contribution in [-0.4, -0.2) is 33.6 Å². The predicted molar refractivity (Wildman–Crippen MR) is 140 cm³/mol. The quantitative estimate of drug-likeness (QED) is 0.442. The summed E-state index contributed by atoms with van der Waals surface area (Å²) >= 11 is 0. The number of hydrogen-bond acceptors (Lipinski definition) is 5. The van der Waals surface area contributed by atoms with Crippen LogP contribution in [0.25, 0.3) is 0 Å². The van der Waals surface area contributed by atoms with Crippen molar-refractivity contribution in [3.63, 3.8) is 0 Å². The summed E-state index contributed by atoms with van der Waals surface area (Å²) in [6, 6.07) is 14.5. The van der Waals surface area contributed by atoms with E-state index in [0.717, 1.165) is 17.2 Å². The number of benzene rings is 3. The van der Waals surface area contributed by atoms with Crippen molar-refractivity contribution in [1.29, 1.82) is 0 Å². The van der Waals surface area contributed by atoms with E-state index in [2.05, 4.69) is 30.8 Å². The summed E-state index contributed by atoms with van der Waals surface area (Å²) < 4.78 is 53.2. The number of amides is 2. The van der Waals surface area contributed by atoms with Gasteiger partial charge in [-0.05, 0) is 46.4 Å². The molecule has 3 aromatic carbocycles. The summed E-state index contributed by atoms with van der Waals surface area (Å²) in [7, 11) is -1.47. The fraction of sp³-hybridized carbons (Fsp3) is 0.296. The molecule has 0 saturated heterocycles. The molecule has 10 heteroatoms. The number of methoxy groups -OCH3 is 2. The van der Waals surface area contributed by atoms with E-state index >= 15 is 0 Å². The van der Waals surface area contributed by atoms with Gasteiger partial charge in [-0.2, -0.15) is 0 Å². The molecule has 2 N–H and O–H groups in total. The van der Waals surface area contributed by atoms with Gasteiger partial charge in [0.15, 0.2) is 5.82 Å². The zero-order valence-electron chi connectivity index (χ0n) is 21.4. The first-order chi connectivity index (χ1) is 17.4. The molecule has 37 heavy (non-hydrogen) atoms. The van der Waals surface area contributed by atoms with Gasteiger partial charge in [-0.25, -0.2) is 17.6 Å². The van der Waals surface area contributed by atoms with Crippen molar-refractivity contribution in [2.75, 3.05) is 24.3 Å². The second kappa shape index (κ2) is 9.93. The molecule has 1 heterocycles. The van der Waals surface area contributed by atoms with E-state index in [1.54, 1.807) is 11.0 Å². The number of rotatable bonds is 6. The average Bonchev–Trinajstić information content (AvgIpc) is 3.28. The normalized spacial score (nSPS) is 13.2. The highest BCUT2D eigenvalue weighted by Crippen LogP contribution is 2.35. The number of anilines is 2. The SMILES string of the molecule is COc1cc(F)c(NS(=O)(=O)c2ccc3c(c2)CN(C(=O)Nc2ccc(C(C)(C)C)cc2)C3)c(OC)c1. The molecule has 1 aliphatic heterocycles. The fourth-order valence-electron chi connectivity index (χ4n) is 4.07. The van der Waals surface area contributed by atoms with Gasteiger partial charge >= 0.3 is 6.03 Å². The number of fused-ring (bicyclic) bond motifs is 1. The second-order valence-electron chi connectivity index (χ2n) is 9.84. The van der Waals surface area contributed by atoms with Crippen LogP contribution in [-0.2, 0) is 28.5 Å². The molecular weight excluding hydrogens is 497 g/mol. The molecule has 4 rings (SSSR count). The Bertz CT molecular complexity index is 1430. The van der Waals surface area contributed by atoms with E-state index in [-0.39, 0.29) is 40.1 Å². The number of halogens is 1. The Labute approximate surface area is 216 Å². The molecule has 8 nitrogen and oxygen atoms in total. The lowest BCUT2D eigenvalue weighted by atomic mass is 9.87. The Morgan fingerprint density at radius 1 is 0.946 bits per heavy atom. The van der Waals surface area contributed by atoms with Gasteiger partial charge in [0.25, 0.3) is 10.0 Å². The lowest BCUT2D eigenvalue weighted by Gasteiger charge is -2.20. The molecule has 0 spiro atoms. The molecule has 0 saturated carbocycles. The molecule has 3 aromatic rings. The molecule has 0 aliphatic carbocycles. The smallest absolute Gasteiger partial charge is 0.322 e. The predicted octanol–water partition coefficient (Wildman–Crippen LogP) is 5.49. The largest absolute Gasteiger partial charge is 0.497 e. The number of carbonyl (C=O) groups is 1. The third-order valence-electron chi connectivity index (χ3n) is 6.22. The Morgan fingerprint density at radius 2 is 1.62 bits per heavy atom. The minimum absolute atomic E-state index is 0.0102. The van der Waals surface area contributed by atoms with Crippen LogP contribution in [0.1, 0.15) is 37.5 Å². The zero-order chi connectivity index (χ0) is 27.0. The number of nitrogens with zero attached hydrogens (tertiary/aromatic N) is 1. The van der Waals surface area contributed by atoms with Gasteiger partial charge in [0, 0.05) is 30.9 Å². The van der Waals surface area contributed by atoms with Gasteiger partial charge in [-0.1, -0.05) is 39.0 Å². The van der Waals surface area contributed by atoms with Gasteiger partial charge in [0.1, 0.15) is 17.2 Å². The first kappa shape index (κ1) is 26.3. The number of urea groups is 1. The zero-order valence-corrected chi connectivity index (χ0v) is 22.2. The minimum Gasteiger partial charge on any atom is -0.497 e. The molecule has 1 aliphatic rings. The number of carbonyl (C=O) groups excluding carboxylic acids is 1. The van der Waals surface area contributed by atoms with Crippen LogP contribution >= 0.6 is 0 Å². The van der Waals surface area contributed by atoms with E-state index in [4.69, 9.17) is 9.47 Å². The standard InChI is InChI=1S/C27H30FN3O5S/c1-27(2,3)19-7-9-20(10-8-19)29-26(32)31-15-17-6-11-22(12-18(17)16-31)37(33,34)30-25-23(28)13-21(35-4)14-24(25)36-5/h6-14,30H,15-16H2,1-5H3,(H,29,32). The van der Waals surface area contributed by atoms with E-state index in [1.165, 1.54) is 32.4 Å². The van der Waals surface area contributed by atoms with Crippen molar-refractivity contribution in [1.82, 2.24) is 4.90 Å². The summed E-state index contributed by atoms with van der Waals surface area (Å²) in [6.07, 6.45) is 0. The van der Waals surface area contributed by atoms with Crippen LogP contribution in [0.2, 0.25) is 0 Å². The van der Waals surface area contributed by atoms with Gasteiger partial charge in [0.2, 0.25) is 0 Å². The molecule has 0 fully saturated rings. The molecule has 2 amide bonds. The van der Waals surface area contributed by atoms with Crippen LogP contribution in [0.15, 0.2) is 59.5 Å². The topological polar surface area (TPSA) is 97.0 Å². The average molecular weight is 528 g/mol. The van der Waals surface area contributed by atoms with Crippen molar-refractivity contribution in [3.8, 4) is 11.5 Å². The van der Waals surface area contributed by atoms with E-state index in [1.807, 2.05) is 24.3 Å². The van der Waals surface area contributed by atoms with Gasteiger partial charge in [-0.3, -0.25) is 4.72 Å². The Balaban J connectivity index is 1.48. The summed E-state index contributed by atoms with van der Waals surface area (Å²) in [4.78, 5) is 14.4. The summed E-state index contributed by atoms with van der Waals surface area (Å²) in [6.45, 7) is 6.95. The highest BCUT2D eigenvalue weighted by Gasteiger charge is 2.27. The fourth-order valence-corrected chi connectivity index (χ4v) is 5.20. The van der Waals surface area contributed by atoms with Crippen molar-refractivity contribution in [2.24, 2.45) is 0 Å². The minimum atomic E-state index is -4.14. The van der Waals surface area contributed by atoms with Crippen LogP contribution in [0.3, 0.4) is 0 Å². The van der Waals surface area contributed by atoms with Crippen LogP contribution in [0.4, 0.5) is 20.6 Å². The van der Waals surface area contributed by atoms with E-state index < -0.39 is 15.8 Å². The van der Waals surface area contributed by atoms with Gasteiger partial charge in [-0.15, -0.1) is 0 Å². The Kier molecular flexibility index (Phi) is 7.05. The number of nitrogens with one attached hydrogen (secondary N) is 2. The van der Waals surface area contributed by atoms with Gasteiger partial charge in [0.05, 0.1) is 19.1 Å². The first-order valence-electron chi connectivity index (χ1n) is 11.6. The van der Waals surface area contributed by atoms with Gasteiger partial charge < -0.3 is 19.7 Å². The molecular formula is C27H30FN3O5S. The highest BCUT2D eigenvalue weighted by molar-refractivity contribution is 7.92. The van der Waals surface area contributed by atoms with Crippen molar-refractivity contribution in [2.45, 2.75) is 44.2 Å². The monoisotopic (exact) mass is 527 g/mol. The molecule has 0 bridgehead atoms. The van der Waals surface area contributed by atoms with Crippen molar-refractivity contribution in [3.05, 3.63) is 77.1 Å². The second-order valence-corrected chi connectivity index (χ2v) is 11.5. The maximum absolute atomic E-state index is 14.6. The number of hydrogen-bond donors (Lipinski definition) is 2. The lowest BCUT2D eigenvalue weighted by molar-refractivity contribution is 0.212. The summed E-state index contributed by atoms with van der Waals surface area (Å²) in [5.74, 6) is -0.655. The van der Waals surface area contributed by atoms with Crippen LogP contribution < -0.4 is 19.5 Å². The first-order valence-corrected chi connectivity index (χ1v) is 13.1.